The monoisotopic (exact) mass is 255 g/mol. The van der Waals surface area contributed by atoms with E-state index in [0.29, 0.717) is 0 Å². The highest BCUT2D eigenvalue weighted by molar-refractivity contribution is 6.57. The first kappa shape index (κ1) is 13.8. The van der Waals surface area contributed by atoms with Crippen molar-refractivity contribution in [2.24, 2.45) is 0 Å². The first-order chi connectivity index (χ1) is 8.88. The van der Waals surface area contributed by atoms with Crippen LogP contribution in [0.2, 0.25) is 0 Å². The van der Waals surface area contributed by atoms with Crippen molar-refractivity contribution in [3.63, 3.8) is 0 Å². The summed E-state index contributed by atoms with van der Waals surface area (Å²) in [4.78, 5) is 4.03. The topological polar surface area (TPSA) is 53.4 Å². The molecule has 0 radical (unpaired) electrons. The second kappa shape index (κ2) is 5.15. The van der Waals surface area contributed by atoms with Crippen molar-refractivity contribution in [3.05, 3.63) is 48.2 Å². The van der Waals surface area contributed by atoms with E-state index in [1.54, 1.807) is 12.3 Å². The molecule has 4 heteroatoms. The molecule has 2 N–H and O–H groups in total. The van der Waals surface area contributed by atoms with Crippen LogP contribution in [0.1, 0.15) is 26.3 Å². The van der Waals surface area contributed by atoms with Crippen LogP contribution in [0.15, 0.2) is 42.6 Å². The highest BCUT2D eigenvalue weighted by atomic mass is 16.4. The Morgan fingerprint density at radius 2 is 1.47 bits per heavy atom. The molecule has 98 valence electrons. The SMILES string of the molecule is CC(C)(C)c1ccc(-c2ccc(B(O)O)nc2)cc1. The summed E-state index contributed by atoms with van der Waals surface area (Å²) >= 11 is 0. The van der Waals surface area contributed by atoms with Crippen molar-refractivity contribution < 1.29 is 10.0 Å². The number of benzene rings is 1. The average Bonchev–Trinajstić information content (AvgIpc) is 2.38. The van der Waals surface area contributed by atoms with Crippen molar-refractivity contribution in [2.45, 2.75) is 26.2 Å². The highest BCUT2D eigenvalue weighted by Gasteiger charge is 2.14. The summed E-state index contributed by atoms with van der Waals surface area (Å²) in [6.07, 6.45) is 1.65. The minimum Gasteiger partial charge on any atom is -0.422 e. The standard InChI is InChI=1S/C15H18BNO2/c1-15(2,3)13-7-4-11(5-8-13)12-6-9-14(16(18)19)17-10-12/h4-10,18-19H,1-3H3. The average molecular weight is 255 g/mol. The lowest BCUT2D eigenvalue weighted by molar-refractivity contribution is 0.424. The fourth-order valence-corrected chi connectivity index (χ4v) is 1.89. The third-order valence-corrected chi connectivity index (χ3v) is 3.14. The van der Waals surface area contributed by atoms with E-state index < -0.39 is 7.12 Å². The van der Waals surface area contributed by atoms with E-state index in [2.05, 4.69) is 50.0 Å². The number of hydrogen-bond donors (Lipinski definition) is 2. The predicted octanol–water partition coefficient (Wildman–Crippen LogP) is 1.73. The molecular formula is C15H18BNO2. The van der Waals surface area contributed by atoms with Crippen molar-refractivity contribution in [1.82, 2.24) is 4.98 Å². The van der Waals surface area contributed by atoms with Gasteiger partial charge in [0.2, 0.25) is 0 Å². The Labute approximate surface area is 114 Å². The molecular weight excluding hydrogens is 237 g/mol. The Hall–Kier alpha value is -1.65. The maximum Gasteiger partial charge on any atom is 0.508 e. The second-order valence-electron chi connectivity index (χ2n) is 5.67. The molecule has 0 aliphatic carbocycles. The van der Waals surface area contributed by atoms with Gasteiger partial charge in [0.25, 0.3) is 0 Å². The van der Waals surface area contributed by atoms with E-state index >= 15 is 0 Å². The molecule has 3 nitrogen and oxygen atoms in total. The first-order valence-electron chi connectivity index (χ1n) is 6.31. The van der Waals surface area contributed by atoms with Gasteiger partial charge < -0.3 is 10.0 Å². The normalized spacial score (nSPS) is 11.4. The van der Waals surface area contributed by atoms with E-state index in [-0.39, 0.29) is 11.0 Å². The Bertz CT molecular complexity index is 542. The molecule has 1 heterocycles. The summed E-state index contributed by atoms with van der Waals surface area (Å²) < 4.78 is 0. The summed E-state index contributed by atoms with van der Waals surface area (Å²) in [5, 5.41) is 18.0. The Kier molecular flexibility index (Phi) is 3.74. The minimum absolute atomic E-state index is 0.141. The van der Waals surface area contributed by atoms with Gasteiger partial charge in [0.1, 0.15) is 0 Å². The number of hydrogen-bond acceptors (Lipinski definition) is 3. The maximum atomic E-state index is 9.00. The quantitative estimate of drug-likeness (QED) is 0.803. The van der Waals surface area contributed by atoms with Crippen molar-refractivity contribution in [3.8, 4) is 11.1 Å². The molecule has 0 spiro atoms. The highest BCUT2D eigenvalue weighted by Crippen LogP contribution is 2.25. The van der Waals surface area contributed by atoms with E-state index in [1.807, 2.05) is 6.07 Å². The summed E-state index contributed by atoms with van der Waals surface area (Å²) in [6, 6.07) is 11.8. The third kappa shape index (κ3) is 3.22. The fraction of sp³-hybridized carbons (Fsp3) is 0.267. The molecule has 0 bridgehead atoms. The molecule has 1 aromatic heterocycles. The van der Waals surface area contributed by atoms with Crippen LogP contribution in [0.5, 0.6) is 0 Å². The zero-order valence-corrected chi connectivity index (χ0v) is 11.5. The van der Waals surface area contributed by atoms with Gasteiger partial charge in [-0.1, -0.05) is 51.1 Å². The van der Waals surface area contributed by atoms with Gasteiger partial charge in [-0.15, -0.1) is 0 Å². The molecule has 0 aliphatic rings. The number of pyridine rings is 1. The molecule has 2 aromatic rings. The molecule has 19 heavy (non-hydrogen) atoms. The minimum atomic E-state index is -1.52. The van der Waals surface area contributed by atoms with Gasteiger partial charge in [0.05, 0.1) is 5.59 Å². The third-order valence-electron chi connectivity index (χ3n) is 3.14. The van der Waals surface area contributed by atoms with Gasteiger partial charge in [0, 0.05) is 6.20 Å². The van der Waals surface area contributed by atoms with Crippen LogP contribution in [0.25, 0.3) is 11.1 Å². The van der Waals surface area contributed by atoms with Crippen LogP contribution >= 0.6 is 0 Å². The molecule has 0 saturated carbocycles. The Balaban J connectivity index is 2.27. The molecule has 0 atom stereocenters. The lowest BCUT2D eigenvalue weighted by atomic mass is 9.85. The Morgan fingerprint density at radius 1 is 0.895 bits per heavy atom. The maximum absolute atomic E-state index is 9.00. The largest absolute Gasteiger partial charge is 0.508 e. The lowest BCUT2D eigenvalue weighted by Crippen LogP contribution is -2.32. The van der Waals surface area contributed by atoms with Crippen molar-refractivity contribution in [1.29, 1.82) is 0 Å². The lowest BCUT2D eigenvalue weighted by Gasteiger charge is -2.19. The van der Waals surface area contributed by atoms with Crippen LogP contribution in [0, 0.1) is 0 Å². The Morgan fingerprint density at radius 3 is 1.89 bits per heavy atom. The summed E-state index contributed by atoms with van der Waals surface area (Å²) in [7, 11) is -1.52. The molecule has 0 amide bonds. The van der Waals surface area contributed by atoms with E-state index in [1.165, 1.54) is 5.56 Å². The predicted molar refractivity (Wildman–Crippen MR) is 78.2 cm³/mol. The zero-order valence-electron chi connectivity index (χ0n) is 11.5. The summed E-state index contributed by atoms with van der Waals surface area (Å²) in [5.74, 6) is 0. The van der Waals surface area contributed by atoms with Gasteiger partial charge in [-0.25, -0.2) is 0 Å². The van der Waals surface area contributed by atoms with E-state index in [4.69, 9.17) is 10.0 Å². The van der Waals surface area contributed by atoms with Crippen LogP contribution < -0.4 is 5.59 Å². The number of rotatable bonds is 2. The molecule has 0 unspecified atom stereocenters. The first-order valence-corrected chi connectivity index (χ1v) is 6.31. The van der Waals surface area contributed by atoms with Crippen molar-refractivity contribution in [2.75, 3.05) is 0 Å². The van der Waals surface area contributed by atoms with Gasteiger partial charge in [0.15, 0.2) is 0 Å². The van der Waals surface area contributed by atoms with Crippen LogP contribution in [-0.2, 0) is 5.41 Å². The van der Waals surface area contributed by atoms with Gasteiger partial charge >= 0.3 is 7.12 Å². The second-order valence-corrected chi connectivity index (χ2v) is 5.67. The van der Waals surface area contributed by atoms with E-state index in [0.717, 1.165) is 11.1 Å². The zero-order chi connectivity index (χ0) is 14.0. The number of aromatic nitrogens is 1. The molecule has 0 fully saturated rings. The van der Waals surface area contributed by atoms with Crippen LogP contribution in [0.4, 0.5) is 0 Å². The number of nitrogens with zero attached hydrogens (tertiary/aromatic N) is 1. The van der Waals surface area contributed by atoms with Crippen molar-refractivity contribution >= 4 is 12.7 Å². The molecule has 1 aromatic carbocycles. The van der Waals surface area contributed by atoms with Gasteiger partial charge in [-0.05, 0) is 28.2 Å². The summed E-state index contributed by atoms with van der Waals surface area (Å²) in [6.45, 7) is 6.54. The van der Waals surface area contributed by atoms with E-state index in [9.17, 15) is 0 Å². The smallest absolute Gasteiger partial charge is 0.422 e. The molecule has 2 rings (SSSR count). The van der Waals surface area contributed by atoms with Crippen LogP contribution in [0.3, 0.4) is 0 Å². The van der Waals surface area contributed by atoms with Gasteiger partial charge in [-0.2, -0.15) is 0 Å². The van der Waals surface area contributed by atoms with Crippen LogP contribution in [-0.4, -0.2) is 22.2 Å². The molecule has 0 saturated heterocycles. The summed E-state index contributed by atoms with van der Waals surface area (Å²) in [5.41, 5.74) is 3.72. The molecule has 0 aliphatic heterocycles. The fourth-order valence-electron chi connectivity index (χ4n) is 1.89. The van der Waals surface area contributed by atoms with Gasteiger partial charge in [-0.3, -0.25) is 4.98 Å².